The molecular weight excluding hydrogens is 342 g/mol. The zero-order valence-electron chi connectivity index (χ0n) is 16.2. The van der Waals surface area contributed by atoms with Gasteiger partial charge < -0.3 is 14.2 Å². The number of cyclic esters (lactones) is 1. The van der Waals surface area contributed by atoms with Gasteiger partial charge in [-0.05, 0) is 47.4 Å². The highest BCUT2D eigenvalue weighted by Gasteiger charge is 2.25. The number of hydrogen-bond donors (Lipinski definition) is 0. The first kappa shape index (κ1) is 18.7. The minimum atomic E-state index is -0.491. The molecule has 5 heteroatoms. The minimum Gasteiger partial charge on any atom is -0.497 e. The Morgan fingerprint density at radius 2 is 1.70 bits per heavy atom. The number of carbonyl (C=O) groups excluding carboxylic acids is 1. The molecule has 0 N–H and O–H groups in total. The number of methoxy groups -OCH3 is 2. The molecule has 1 heterocycles. The molecule has 2 aromatic carbocycles. The second-order valence-electron chi connectivity index (χ2n) is 7.27. The lowest BCUT2D eigenvalue weighted by Gasteiger charge is -2.18. The van der Waals surface area contributed by atoms with E-state index in [1.807, 2.05) is 24.3 Å². The summed E-state index contributed by atoms with van der Waals surface area (Å²) >= 11 is 0. The molecule has 140 valence electrons. The summed E-state index contributed by atoms with van der Waals surface area (Å²) < 4.78 is 15.9. The van der Waals surface area contributed by atoms with Crippen LogP contribution in [0.25, 0.3) is 6.08 Å². The molecule has 0 spiro atoms. The second-order valence-corrected chi connectivity index (χ2v) is 7.27. The molecule has 0 saturated carbocycles. The second kappa shape index (κ2) is 7.27. The van der Waals surface area contributed by atoms with Crippen LogP contribution in [-0.4, -0.2) is 26.1 Å². The summed E-state index contributed by atoms with van der Waals surface area (Å²) in [4.78, 5) is 16.6. The first-order valence-corrected chi connectivity index (χ1v) is 8.67. The van der Waals surface area contributed by atoms with Gasteiger partial charge in [-0.25, -0.2) is 9.79 Å². The highest BCUT2D eigenvalue weighted by Crippen LogP contribution is 2.29. The average molecular weight is 365 g/mol. The Morgan fingerprint density at radius 3 is 2.30 bits per heavy atom. The SMILES string of the molecule is COc1ccc(OC)c(/C=C2/N=C(c3ccc(C(C)(C)C)cc3)OC2=O)c1. The summed E-state index contributed by atoms with van der Waals surface area (Å²) in [5, 5.41) is 0. The quantitative estimate of drug-likeness (QED) is 0.597. The molecule has 0 amide bonds. The van der Waals surface area contributed by atoms with Gasteiger partial charge >= 0.3 is 5.97 Å². The highest BCUT2D eigenvalue weighted by atomic mass is 16.6. The van der Waals surface area contributed by atoms with E-state index < -0.39 is 5.97 Å². The van der Waals surface area contributed by atoms with E-state index in [1.165, 1.54) is 5.56 Å². The Hall–Kier alpha value is -3.08. The largest absolute Gasteiger partial charge is 0.497 e. The summed E-state index contributed by atoms with van der Waals surface area (Å²) in [6.07, 6.45) is 1.64. The van der Waals surface area contributed by atoms with Gasteiger partial charge in [-0.15, -0.1) is 0 Å². The van der Waals surface area contributed by atoms with Crippen molar-refractivity contribution in [1.29, 1.82) is 0 Å². The number of benzene rings is 2. The van der Waals surface area contributed by atoms with E-state index in [0.29, 0.717) is 23.0 Å². The van der Waals surface area contributed by atoms with Crippen molar-refractivity contribution in [2.45, 2.75) is 26.2 Å². The maximum atomic E-state index is 12.3. The van der Waals surface area contributed by atoms with E-state index in [-0.39, 0.29) is 11.1 Å². The van der Waals surface area contributed by atoms with Crippen LogP contribution in [-0.2, 0) is 14.9 Å². The van der Waals surface area contributed by atoms with Gasteiger partial charge in [0.05, 0.1) is 14.2 Å². The van der Waals surface area contributed by atoms with Gasteiger partial charge in [-0.1, -0.05) is 32.9 Å². The van der Waals surface area contributed by atoms with Crippen molar-refractivity contribution in [1.82, 2.24) is 0 Å². The zero-order valence-corrected chi connectivity index (χ0v) is 16.2. The van der Waals surface area contributed by atoms with Gasteiger partial charge in [-0.3, -0.25) is 0 Å². The summed E-state index contributed by atoms with van der Waals surface area (Å²) in [5.74, 6) is 1.09. The van der Waals surface area contributed by atoms with Crippen molar-refractivity contribution in [2.75, 3.05) is 14.2 Å². The lowest BCUT2D eigenvalue weighted by Crippen LogP contribution is -2.11. The van der Waals surface area contributed by atoms with E-state index in [9.17, 15) is 4.79 Å². The molecular formula is C22H23NO4. The standard InChI is InChI=1S/C22H23NO4/c1-22(2,3)16-8-6-14(7-9-16)20-23-18(21(24)27-20)13-15-12-17(25-4)10-11-19(15)26-5/h6-13H,1-5H3/b18-13+. The zero-order chi connectivity index (χ0) is 19.6. The Bertz CT molecular complexity index is 918. The molecule has 1 aliphatic heterocycles. The molecule has 0 aromatic heterocycles. The average Bonchev–Trinajstić information content (AvgIpc) is 3.01. The van der Waals surface area contributed by atoms with Gasteiger partial charge in [0.1, 0.15) is 11.5 Å². The summed E-state index contributed by atoms with van der Waals surface area (Å²) in [6.45, 7) is 6.45. The van der Waals surface area contributed by atoms with Crippen molar-refractivity contribution in [2.24, 2.45) is 4.99 Å². The predicted octanol–water partition coefficient (Wildman–Crippen LogP) is 4.35. The van der Waals surface area contributed by atoms with Crippen LogP contribution in [0.1, 0.15) is 37.5 Å². The van der Waals surface area contributed by atoms with Crippen LogP contribution in [0.4, 0.5) is 0 Å². The number of rotatable bonds is 4. The fourth-order valence-electron chi connectivity index (χ4n) is 2.74. The molecule has 0 radical (unpaired) electrons. The Kier molecular flexibility index (Phi) is 5.04. The third-order valence-electron chi connectivity index (χ3n) is 4.35. The Balaban J connectivity index is 1.94. The van der Waals surface area contributed by atoms with Crippen LogP contribution >= 0.6 is 0 Å². The van der Waals surface area contributed by atoms with Crippen molar-refractivity contribution >= 4 is 17.9 Å². The molecule has 27 heavy (non-hydrogen) atoms. The molecule has 2 aromatic rings. The minimum absolute atomic E-state index is 0.0562. The van der Waals surface area contributed by atoms with Gasteiger partial charge in [0, 0.05) is 11.1 Å². The highest BCUT2D eigenvalue weighted by molar-refractivity contribution is 6.13. The lowest BCUT2D eigenvalue weighted by atomic mass is 9.87. The van der Waals surface area contributed by atoms with Crippen LogP contribution in [0.5, 0.6) is 11.5 Å². The van der Waals surface area contributed by atoms with E-state index in [4.69, 9.17) is 14.2 Å². The fraction of sp³-hybridized carbons (Fsp3) is 0.273. The molecule has 1 aliphatic rings. The summed E-state index contributed by atoms with van der Waals surface area (Å²) in [7, 11) is 3.16. The fourth-order valence-corrected chi connectivity index (χ4v) is 2.74. The maximum absolute atomic E-state index is 12.3. The smallest absolute Gasteiger partial charge is 0.363 e. The topological polar surface area (TPSA) is 57.1 Å². The van der Waals surface area contributed by atoms with E-state index in [2.05, 4.69) is 25.8 Å². The van der Waals surface area contributed by atoms with E-state index in [1.54, 1.807) is 38.5 Å². The Morgan fingerprint density at radius 1 is 1.00 bits per heavy atom. The Labute approximate surface area is 159 Å². The van der Waals surface area contributed by atoms with Crippen molar-refractivity contribution in [3.05, 3.63) is 64.9 Å². The van der Waals surface area contributed by atoms with Crippen LogP contribution < -0.4 is 9.47 Å². The van der Waals surface area contributed by atoms with Crippen molar-refractivity contribution < 1.29 is 19.0 Å². The van der Waals surface area contributed by atoms with Gasteiger partial charge in [0.15, 0.2) is 5.70 Å². The van der Waals surface area contributed by atoms with Crippen LogP contribution in [0.15, 0.2) is 53.2 Å². The van der Waals surface area contributed by atoms with Crippen LogP contribution in [0, 0.1) is 0 Å². The lowest BCUT2D eigenvalue weighted by molar-refractivity contribution is -0.129. The summed E-state index contributed by atoms with van der Waals surface area (Å²) in [5.41, 5.74) is 2.93. The monoisotopic (exact) mass is 365 g/mol. The molecule has 0 saturated heterocycles. The first-order valence-electron chi connectivity index (χ1n) is 8.67. The van der Waals surface area contributed by atoms with Crippen LogP contribution in [0.3, 0.4) is 0 Å². The van der Waals surface area contributed by atoms with Gasteiger partial charge in [0.25, 0.3) is 0 Å². The molecule has 0 aliphatic carbocycles. The van der Waals surface area contributed by atoms with Crippen molar-refractivity contribution in [3.63, 3.8) is 0 Å². The van der Waals surface area contributed by atoms with Gasteiger partial charge in [-0.2, -0.15) is 0 Å². The van der Waals surface area contributed by atoms with Crippen molar-refractivity contribution in [3.8, 4) is 11.5 Å². The molecule has 3 rings (SSSR count). The number of aliphatic imine (C=N–C) groups is 1. The third-order valence-corrected chi connectivity index (χ3v) is 4.35. The van der Waals surface area contributed by atoms with E-state index >= 15 is 0 Å². The number of hydrogen-bond acceptors (Lipinski definition) is 5. The number of esters is 1. The molecule has 0 fully saturated rings. The summed E-state index contributed by atoms with van der Waals surface area (Å²) in [6, 6.07) is 13.2. The van der Waals surface area contributed by atoms with E-state index in [0.717, 1.165) is 5.56 Å². The predicted molar refractivity (Wildman–Crippen MR) is 105 cm³/mol. The number of nitrogens with zero attached hydrogens (tertiary/aromatic N) is 1. The molecule has 0 atom stereocenters. The van der Waals surface area contributed by atoms with Crippen LogP contribution in [0.2, 0.25) is 0 Å². The molecule has 0 unspecified atom stereocenters. The molecule has 0 bridgehead atoms. The van der Waals surface area contributed by atoms with Gasteiger partial charge in [0.2, 0.25) is 5.90 Å². The molecule has 5 nitrogen and oxygen atoms in total. The number of ether oxygens (including phenoxy) is 3. The maximum Gasteiger partial charge on any atom is 0.363 e. The first-order chi connectivity index (χ1) is 12.8. The number of carbonyl (C=O) groups is 1. The third kappa shape index (κ3) is 4.03. The normalized spacial score (nSPS) is 15.5.